The van der Waals surface area contributed by atoms with E-state index < -0.39 is 0 Å². The molecule has 3 rings (SSSR count). The standard InChI is InChI=1S/C14H22N2OS/c15-16-13(9-12-3-1-8-18-12)11-4-7-17-14(10-11)5-2-6-14/h1,3,8,11,13,16H,2,4-7,9-10,15H2. The van der Waals surface area contributed by atoms with Crippen LogP contribution in [0.4, 0.5) is 0 Å². The van der Waals surface area contributed by atoms with Crippen molar-refractivity contribution < 1.29 is 4.74 Å². The van der Waals surface area contributed by atoms with E-state index in [-0.39, 0.29) is 5.60 Å². The Hall–Kier alpha value is -0.420. The Labute approximate surface area is 113 Å². The van der Waals surface area contributed by atoms with Gasteiger partial charge in [0.05, 0.1) is 5.60 Å². The highest BCUT2D eigenvalue weighted by Crippen LogP contribution is 2.45. The predicted molar refractivity (Wildman–Crippen MR) is 74.4 cm³/mol. The maximum Gasteiger partial charge on any atom is 0.0685 e. The van der Waals surface area contributed by atoms with E-state index in [1.54, 1.807) is 0 Å². The van der Waals surface area contributed by atoms with Crippen LogP contribution < -0.4 is 11.3 Å². The Kier molecular flexibility index (Phi) is 3.71. The van der Waals surface area contributed by atoms with Crippen LogP contribution >= 0.6 is 11.3 Å². The van der Waals surface area contributed by atoms with Crippen LogP contribution in [0.25, 0.3) is 0 Å². The third-order valence-corrected chi connectivity index (χ3v) is 5.48. The number of rotatable bonds is 4. The minimum Gasteiger partial charge on any atom is -0.375 e. The molecule has 1 aromatic rings. The lowest BCUT2D eigenvalue weighted by Crippen LogP contribution is -2.52. The molecule has 2 heterocycles. The first-order valence-electron chi connectivity index (χ1n) is 6.94. The number of hydrogen-bond donors (Lipinski definition) is 2. The highest BCUT2D eigenvalue weighted by atomic mass is 32.1. The van der Waals surface area contributed by atoms with Crippen molar-refractivity contribution in [1.29, 1.82) is 0 Å². The highest BCUT2D eigenvalue weighted by molar-refractivity contribution is 7.09. The molecule has 2 fully saturated rings. The molecule has 1 saturated carbocycles. The Morgan fingerprint density at radius 3 is 3.06 bits per heavy atom. The summed E-state index contributed by atoms with van der Waals surface area (Å²) in [6, 6.07) is 4.71. The van der Waals surface area contributed by atoms with Gasteiger partial charge in [0.2, 0.25) is 0 Å². The number of ether oxygens (including phenoxy) is 1. The molecule has 2 atom stereocenters. The van der Waals surface area contributed by atoms with E-state index in [4.69, 9.17) is 10.6 Å². The molecular weight excluding hydrogens is 244 g/mol. The summed E-state index contributed by atoms with van der Waals surface area (Å²) in [4.78, 5) is 1.42. The van der Waals surface area contributed by atoms with Crippen LogP contribution in [0, 0.1) is 5.92 Å². The number of nitrogens with one attached hydrogen (secondary N) is 1. The molecule has 0 aromatic carbocycles. The normalized spacial score (nSPS) is 27.9. The lowest BCUT2D eigenvalue weighted by atomic mass is 9.70. The van der Waals surface area contributed by atoms with Gasteiger partial charge in [-0.25, -0.2) is 0 Å². The van der Waals surface area contributed by atoms with Gasteiger partial charge in [0.25, 0.3) is 0 Å². The molecule has 100 valence electrons. The second-order valence-electron chi connectivity index (χ2n) is 5.69. The van der Waals surface area contributed by atoms with Gasteiger partial charge >= 0.3 is 0 Å². The SMILES string of the molecule is NNC(Cc1cccs1)C1CCOC2(CCC2)C1. The molecule has 3 nitrogen and oxygen atoms in total. The minimum atomic E-state index is 0.216. The number of hydrogen-bond acceptors (Lipinski definition) is 4. The lowest BCUT2D eigenvalue weighted by Gasteiger charge is -2.48. The highest BCUT2D eigenvalue weighted by Gasteiger charge is 2.44. The van der Waals surface area contributed by atoms with Gasteiger partial charge in [-0.2, -0.15) is 0 Å². The predicted octanol–water partition coefficient (Wildman–Crippen LogP) is 2.47. The van der Waals surface area contributed by atoms with Crippen LogP contribution in [0.2, 0.25) is 0 Å². The molecule has 1 aromatic heterocycles. The van der Waals surface area contributed by atoms with Crippen LogP contribution in [0.1, 0.15) is 37.0 Å². The first-order chi connectivity index (χ1) is 8.81. The van der Waals surface area contributed by atoms with Crippen LogP contribution in [-0.4, -0.2) is 18.2 Å². The molecule has 2 aliphatic rings. The summed E-state index contributed by atoms with van der Waals surface area (Å²) in [5.41, 5.74) is 3.26. The van der Waals surface area contributed by atoms with Gasteiger partial charge in [0.1, 0.15) is 0 Å². The van der Waals surface area contributed by atoms with Crippen LogP contribution in [-0.2, 0) is 11.2 Å². The van der Waals surface area contributed by atoms with E-state index in [1.165, 1.54) is 30.6 Å². The summed E-state index contributed by atoms with van der Waals surface area (Å²) in [5, 5.41) is 2.14. The second-order valence-corrected chi connectivity index (χ2v) is 6.73. The summed E-state index contributed by atoms with van der Waals surface area (Å²) in [6.07, 6.45) is 7.21. The smallest absolute Gasteiger partial charge is 0.0685 e. The molecule has 1 saturated heterocycles. The van der Waals surface area contributed by atoms with Crippen LogP contribution in [0.5, 0.6) is 0 Å². The molecule has 0 amide bonds. The van der Waals surface area contributed by atoms with Gasteiger partial charge in [0.15, 0.2) is 0 Å². The monoisotopic (exact) mass is 266 g/mol. The maximum absolute atomic E-state index is 6.00. The maximum atomic E-state index is 6.00. The molecule has 4 heteroatoms. The molecule has 1 aliphatic heterocycles. The molecule has 3 N–H and O–H groups in total. The van der Waals surface area contributed by atoms with Crippen molar-refractivity contribution in [2.45, 2.75) is 50.2 Å². The van der Waals surface area contributed by atoms with Gasteiger partial charge in [-0.3, -0.25) is 11.3 Å². The van der Waals surface area contributed by atoms with Crippen molar-refractivity contribution in [3.8, 4) is 0 Å². The molecule has 1 aliphatic carbocycles. The summed E-state index contributed by atoms with van der Waals surface area (Å²) in [5.74, 6) is 6.44. The van der Waals surface area contributed by atoms with Crippen molar-refractivity contribution in [2.75, 3.05) is 6.61 Å². The molecule has 0 radical (unpaired) electrons. The zero-order valence-electron chi connectivity index (χ0n) is 10.7. The topological polar surface area (TPSA) is 47.3 Å². The molecule has 18 heavy (non-hydrogen) atoms. The molecular formula is C14H22N2OS. The zero-order valence-corrected chi connectivity index (χ0v) is 11.5. The average molecular weight is 266 g/mol. The van der Waals surface area contributed by atoms with Gasteiger partial charge in [-0.05, 0) is 55.9 Å². The Bertz CT molecular complexity index is 375. The van der Waals surface area contributed by atoms with Crippen molar-refractivity contribution in [1.82, 2.24) is 5.43 Å². The second kappa shape index (κ2) is 5.29. The largest absolute Gasteiger partial charge is 0.375 e. The van der Waals surface area contributed by atoms with Crippen molar-refractivity contribution >= 4 is 11.3 Å². The quantitative estimate of drug-likeness (QED) is 0.650. The molecule has 2 unspecified atom stereocenters. The first-order valence-corrected chi connectivity index (χ1v) is 7.82. The fourth-order valence-electron chi connectivity index (χ4n) is 3.34. The van der Waals surface area contributed by atoms with E-state index in [9.17, 15) is 0 Å². The van der Waals surface area contributed by atoms with E-state index in [0.717, 1.165) is 19.4 Å². The Morgan fingerprint density at radius 1 is 1.56 bits per heavy atom. The van der Waals surface area contributed by atoms with Crippen molar-refractivity contribution in [3.63, 3.8) is 0 Å². The van der Waals surface area contributed by atoms with Crippen LogP contribution in [0.15, 0.2) is 17.5 Å². The minimum absolute atomic E-state index is 0.216. The Morgan fingerprint density at radius 2 is 2.44 bits per heavy atom. The van der Waals surface area contributed by atoms with E-state index >= 15 is 0 Å². The lowest BCUT2D eigenvalue weighted by molar-refractivity contribution is -0.147. The zero-order chi connectivity index (χ0) is 12.4. The first kappa shape index (κ1) is 12.6. The Balaban J connectivity index is 1.63. The molecule has 1 spiro atoms. The van der Waals surface area contributed by atoms with Gasteiger partial charge < -0.3 is 4.74 Å². The molecule has 0 bridgehead atoms. The fraction of sp³-hybridized carbons (Fsp3) is 0.714. The third kappa shape index (κ3) is 2.48. The number of hydrazine groups is 1. The average Bonchev–Trinajstić information content (AvgIpc) is 2.87. The van der Waals surface area contributed by atoms with Gasteiger partial charge in [-0.1, -0.05) is 6.07 Å². The van der Waals surface area contributed by atoms with E-state index in [2.05, 4.69) is 22.9 Å². The van der Waals surface area contributed by atoms with Crippen molar-refractivity contribution in [2.24, 2.45) is 11.8 Å². The van der Waals surface area contributed by atoms with Gasteiger partial charge in [0, 0.05) is 17.5 Å². The number of nitrogens with two attached hydrogens (primary N) is 1. The summed E-state index contributed by atoms with van der Waals surface area (Å²) in [6.45, 7) is 0.910. The van der Waals surface area contributed by atoms with Crippen LogP contribution in [0.3, 0.4) is 0 Å². The van der Waals surface area contributed by atoms with Gasteiger partial charge in [-0.15, -0.1) is 11.3 Å². The van der Waals surface area contributed by atoms with E-state index in [0.29, 0.717) is 12.0 Å². The number of thiophene rings is 1. The van der Waals surface area contributed by atoms with Crippen molar-refractivity contribution in [3.05, 3.63) is 22.4 Å². The summed E-state index contributed by atoms with van der Waals surface area (Å²) >= 11 is 1.82. The van der Waals surface area contributed by atoms with E-state index in [1.807, 2.05) is 11.3 Å². The summed E-state index contributed by atoms with van der Waals surface area (Å²) in [7, 11) is 0. The fourth-order valence-corrected chi connectivity index (χ4v) is 4.10. The summed E-state index contributed by atoms with van der Waals surface area (Å²) < 4.78 is 6.00. The third-order valence-electron chi connectivity index (χ3n) is 4.58.